The van der Waals surface area contributed by atoms with Crippen LogP contribution in [0.3, 0.4) is 0 Å². The highest BCUT2D eigenvalue weighted by Crippen LogP contribution is 2.14. The number of morpholine rings is 2. The summed E-state index contributed by atoms with van der Waals surface area (Å²) in [4.78, 5) is 61.0. The van der Waals surface area contributed by atoms with Crippen LogP contribution in [-0.4, -0.2) is 158 Å². The zero-order valence-corrected chi connectivity index (χ0v) is 19.3. The van der Waals surface area contributed by atoms with Crippen molar-refractivity contribution in [3.8, 4) is 0 Å². The van der Waals surface area contributed by atoms with Crippen molar-refractivity contribution in [1.82, 2.24) is 29.4 Å². The first-order valence-corrected chi connectivity index (χ1v) is 11.6. The molecule has 4 fully saturated rings. The highest BCUT2D eigenvalue weighted by molar-refractivity contribution is 6.00. The summed E-state index contributed by atoms with van der Waals surface area (Å²) in [5.41, 5.74) is 0. The van der Waals surface area contributed by atoms with Gasteiger partial charge in [-0.3, -0.25) is 48.6 Å². The minimum Gasteiger partial charge on any atom is -0.379 e. The number of piperazine rings is 2. The summed E-state index contributed by atoms with van der Waals surface area (Å²) >= 11 is 0. The third-order valence-corrected chi connectivity index (χ3v) is 6.63. The number of imide groups is 2. The van der Waals surface area contributed by atoms with Gasteiger partial charge in [0.1, 0.15) is 0 Å². The van der Waals surface area contributed by atoms with Crippen LogP contribution in [0.2, 0.25) is 0 Å². The van der Waals surface area contributed by atoms with Crippen LogP contribution in [0.25, 0.3) is 0 Å². The molecule has 4 aliphatic rings. The van der Waals surface area contributed by atoms with E-state index >= 15 is 0 Å². The zero-order chi connectivity index (χ0) is 23.4. The SMILES string of the molecule is C[C@@H](CN1CC(=O)N(CN2CCOCC2)C(=O)C1)N1CC(=O)N(CN2CCOCC2)C(=O)C1. The van der Waals surface area contributed by atoms with Gasteiger partial charge in [0.15, 0.2) is 0 Å². The molecule has 0 bridgehead atoms. The van der Waals surface area contributed by atoms with Crippen LogP contribution < -0.4 is 0 Å². The average Bonchev–Trinajstić information content (AvgIpc) is 2.80. The first kappa shape index (κ1) is 24.2. The van der Waals surface area contributed by atoms with Crippen LogP contribution in [0.5, 0.6) is 0 Å². The number of amides is 4. The number of rotatable bonds is 7. The van der Waals surface area contributed by atoms with Gasteiger partial charge in [0.25, 0.3) is 0 Å². The van der Waals surface area contributed by atoms with Crippen LogP contribution in [-0.2, 0) is 28.7 Å². The lowest BCUT2D eigenvalue weighted by molar-refractivity contribution is -0.159. The minimum absolute atomic E-state index is 0.144. The largest absolute Gasteiger partial charge is 0.379 e. The molecule has 4 heterocycles. The van der Waals surface area contributed by atoms with Gasteiger partial charge in [-0.2, -0.15) is 0 Å². The van der Waals surface area contributed by atoms with E-state index in [1.165, 1.54) is 9.80 Å². The Labute approximate surface area is 193 Å². The molecule has 33 heavy (non-hydrogen) atoms. The van der Waals surface area contributed by atoms with Crippen molar-refractivity contribution in [1.29, 1.82) is 0 Å². The number of ether oxygens (including phenoxy) is 2. The number of carbonyl (C=O) groups excluding carboxylic acids is 4. The Kier molecular flexibility index (Phi) is 8.04. The molecule has 0 aromatic carbocycles. The van der Waals surface area contributed by atoms with Crippen LogP contribution in [0.4, 0.5) is 0 Å². The summed E-state index contributed by atoms with van der Waals surface area (Å²) in [6.45, 7) is 8.82. The van der Waals surface area contributed by atoms with Crippen molar-refractivity contribution in [2.45, 2.75) is 13.0 Å². The zero-order valence-electron chi connectivity index (χ0n) is 19.3. The molecule has 0 unspecified atom stereocenters. The second kappa shape index (κ2) is 11.0. The van der Waals surface area contributed by atoms with Gasteiger partial charge < -0.3 is 9.47 Å². The maximum atomic E-state index is 12.7. The first-order valence-electron chi connectivity index (χ1n) is 11.6. The molecule has 0 aliphatic carbocycles. The lowest BCUT2D eigenvalue weighted by Crippen LogP contribution is -2.62. The van der Waals surface area contributed by atoms with Crippen molar-refractivity contribution in [2.75, 3.05) is 98.7 Å². The predicted molar refractivity (Wildman–Crippen MR) is 116 cm³/mol. The molecular weight excluding hydrogens is 432 g/mol. The molecule has 0 spiro atoms. The molecule has 4 amide bonds. The van der Waals surface area contributed by atoms with Crippen molar-refractivity contribution in [2.24, 2.45) is 0 Å². The van der Waals surface area contributed by atoms with E-state index in [0.29, 0.717) is 72.5 Å². The third kappa shape index (κ3) is 6.14. The molecule has 12 heteroatoms. The van der Waals surface area contributed by atoms with E-state index in [1.807, 2.05) is 21.6 Å². The maximum absolute atomic E-state index is 12.7. The summed E-state index contributed by atoms with van der Waals surface area (Å²) in [5.74, 6) is -0.862. The monoisotopic (exact) mass is 466 g/mol. The minimum atomic E-state index is -0.216. The number of nitrogens with zero attached hydrogens (tertiary/aromatic N) is 6. The quantitative estimate of drug-likeness (QED) is 0.368. The molecule has 12 nitrogen and oxygen atoms in total. The topological polar surface area (TPSA) is 106 Å². The molecule has 0 N–H and O–H groups in total. The van der Waals surface area contributed by atoms with Crippen molar-refractivity contribution < 1.29 is 28.7 Å². The Hall–Kier alpha value is -1.96. The highest BCUT2D eigenvalue weighted by Gasteiger charge is 2.37. The Bertz CT molecular complexity index is 718. The van der Waals surface area contributed by atoms with E-state index in [0.717, 1.165) is 0 Å². The van der Waals surface area contributed by atoms with E-state index in [9.17, 15) is 19.2 Å². The second-order valence-corrected chi connectivity index (χ2v) is 9.10. The summed E-state index contributed by atoms with van der Waals surface area (Å²) in [7, 11) is 0. The molecule has 0 saturated carbocycles. The van der Waals surface area contributed by atoms with E-state index in [-0.39, 0.29) is 55.8 Å². The molecule has 4 rings (SSSR count). The maximum Gasteiger partial charge on any atom is 0.244 e. The molecule has 4 aliphatic heterocycles. The summed E-state index contributed by atoms with van der Waals surface area (Å²) in [6.07, 6.45) is 0. The van der Waals surface area contributed by atoms with Gasteiger partial charge >= 0.3 is 0 Å². The number of hydrogen-bond donors (Lipinski definition) is 0. The summed E-state index contributed by atoms with van der Waals surface area (Å²) in [6, 6.07) is -0.144. The molecule has 0 aromatic heterocycles. The average molecular weight is 467 g/mol. The Morgan fingerprint density at radius 3 is 1.45 bits per heavy atom. The molecule has 0 aromatic rings. The second-order valence-electron chi connectivity index (χ2n) is 9.10. The number of carbonyl (C=O) groups is 4. The fraction of sp³-hybridized carbons (Fsp3) is 0.810. The van der Waals surface area contributed by atoms with Crippen molar-refractivity contribution >= 4 is 23.6 Å². The first-order chi connectivity index (χ1) is 15.9. The summed E-state index contributed by atoms with van der Waals surface area (Å²) in [5, 5.41) is 0. The Morgan fingerprint density at radius 2 is 1.03 bits per heavy atom. The van der Waals surface area contributed by atoms with Crippen LogP contribution >= 0.6 is 0 Å². The smallest absolute Gasteiger partial charge is 0.244 e. The number of hydrogen-bond acceptors (Lipinski definition) is 10. The fourth-order valence-electron chi connectivity index (χ4n) is 4.59. The lowest BCUT2D eigenvalue weighted by atomic mass is 10.2. The van der Waals surface area contributed by atoms with Gasteiger partial charge in [-0.15, -0.1) is 0 Å². The normalized spacial score (nSPS) is 26.3. The third-order valence-electron chi connectivity index (χ3n) is 6.63. The lowest BCUT2D eigenvalue weighted by Gasteiger charge is -2.41. The van der Waals surface area contributed by atoms with E-state index in [4.69, 9.17) is 9.47 Å². The van der Waals surface area contributed by atoms with Gasteiger partial charge in [0, 0.05) is 38.8 Å². The molecule has 184 valence electrons. The van der Waals surface area contributed by atoms with Crippen molar-refractivity contribution in [3.63, 3.8) is 0 Å². The van der Waals surface area contributed by atoms with E-state index in [1.54, 1.807) is 4.90 Å². The fourth-order valence-corrected chi connectivity index (χ4v) is 4.59. The van der Waals surface area contributed by atoms with E-state index in [2.05, 4.69) is 0 Å². The van der Waals surface area contributed by atoms with Gasteiger partial charge in [-0.05, 0) is 6.92 Å². The molecule has 0 radical (unpaired) electrons. The van der Waals surface area contributed by atoms with Gasteiger partial charge in [0.05, 0.1) is 65.9 Å². The Balaban J connectivity index is 1.25. The van der Waals surface area contributed by atoms with Crippen LogP contribution in [0, 0.1) is 0 Å². The van der Waals surface area contributed by atoms with Gasteiger partial charge in [-0.1, -0.05) is 0 Å². The molecule has 4 saturated heterocycles. The molecular formula is C21H34N6O6. The Morgan fingerprint density at radius 1 is 0.636 bits per heavy atom. The van der Waals surface area contributed by atoms with E-state index < -0.39 is 0 Å². The highest BCUT2D eigenvalue weighted by atomic mass is 16.5. The molecule has 1 atom stereocenters. The van der Waals surface area contributed by atoms with Crippen molar-refractivity contribution in [3.05, 3.63) is 0 Å². The predicted octanol–water partition coefficient (Wildman–Crippen LogP) is -2.70. The van der Waals surface area contributed by atoms with Crippen LogP contribution in [0.15, 0.2) is 0 Å². The standard InChI is InChI=1S/C21H34N6O6/c1-17(25-13-20(30)27(21(31)14-25)16-23-4-8-33-9-5-23)10-24-11-18(28)26(19(29)12-24)15-22-2-6-32-7-3-22/h17H,2-16H2,1H3/t17-/m0/s1. The summed E-state index contributed by atoms with van der Waals surface area (Å²) < 4.78 is 10.6. The van der Waals surface area contributed by atoms with Gasteiger partial charge in [-0.25, -0.2) is 0 Å². The van der Waals surface area contributed by atoms with Gasteiger partial charge in [0.2, 0.25) is 23.6 Å². The van der Waals surface area contributed by atoms with Crippen LogP contribution in [0.1, 0.15) is 6.92 Å².